The number of nitrogens with zero attached hydrogens (tertiary/aromatic N) is 2. The summed E-state index contributed by atoms with van der Waals surface area (Å²) in [6.07, 6.45) is 0. The molecule has 0 bridgehead atoms. The number of nitrogens with one attached hydrogen (secondary N) is 2. The van der Waals surface area contributed by atoms with Gasteiger partial charge >= 0.3 is 0 Å². The molecule has 0 aromatic heterocycles. The molecule has 27 heavy (non-hydrogen) atoms. The first-order valence-electron chi connectivity index (χ1n) is 7.58. The minimum atomic E-state index is -4.28. The number of aryl methyl sites for hydroxylation is 2. The predicted molar refractivity (Wildman–Crippen MR) is 99.6 cm³/mol. The summed E-state index contributed by atoms with van der Waals surface area (Å²) in [7, 11) is -4.28. The Morgan fingerprint density at radius 1 is 1.15 bits per heavy atom. The second kappa shape index (κ2) is 7.93. The smallest absolute Gasteiger partial charge is 0.288 e. The quantitative estimate of drug-likeness (QED) is 0.177. The van der Waals surface area contributed by atoms with Crippen molar-refractivity contribution >= 4 is 32.2 Å². The first-order valence-corrected chi connectivity index (χ1v) is 9.06. The zero-order valence-electron chi connectivity index (χ0n) is 14.5. The summed E-state index contributed by atoms with van der Waals surface area (Å²) in [5.74, 6) is 3.94. The molecule has 0 aliphatic heterocycles. The third-order valence-corrected chi connectivity index (χ3v) is 5.30. The Morgan fingerprint density at radius 3 is 2.33 bits per heavy atom. The number of amides is 1. The van der Waals surface area contributed by atoms with Gasteiger partial charge in [0.1, 0.15) is 0 Å². The van der Waals surface area contributed by atoms with Crippen LogP contribution < -0.4 is 16.7 Å². The summed E-state index contributed by atoms with van der Waals surface area (Å²) < 4.78 is 25.5. The molecule has 10 nitrogen and oxygen atoms in total. The van der Waals surface area contributed by atoms with Crippen molar-refractivity contribution in [2.45, 2.75) is 18.7 Å². The van der Waals surface area contributed by atoms with Crippen molar-refractivity contribution in [1.29, 1.82) is 0 Å². The number of rotatable bonds is 4. The molecule has 0 saturated heterocycles. The molecule has 0 atom stereocenters. The van der Waals surface area contributed by atoms with Gasteiger partial charge in [0.25, 0.3) is 11.6 Å². The van der Waals surface area contributed by atoms with Crippen LogP contribution in [0.3, 0.4) is 0 Å². The molecular weight excluding hydrogens is 374 g/mol. The Kier molecular flexibility index (Phi) is 5.88. The van der Waals surface area contributed by atoms with Gasteiger partial charge < -0.3 is 0 Å². The molecule has 0 heterocycles. The Bertz CT molecular complexity index is 1020. The minimum absolute atomic E-state index is 0.145. The molecule has 142 valence electrons. The van der Waals surface area contributed by atoms with E-state index < -0.39 is 25.7 Å². The Hall–Kier alpha value is -3.31. The second-order valence-corrected chi connectivity index (χ2v) is 7.44. The highest BCUT2D eigenvalue weighted by molar-refractivity contribution is 8.08. The number of hydrazine groups is 1. The fraction of sp³-hybridized carbons (Fsp3) is 0.125. The molecule has 0 saturated carbocycles. The Labute approximate surface area is 155 Å². The van der Waals surface area contributed by atoms with E-state index in [4.69, 9.17) is 5.84 Å². The van der Waals surface area contributed by atoms with E-state index in [-0.39, 0.29) is 16.3 Å². The average Bonchev–Trinajstić information content (AvgIpc) is 2.63. The molecule has 2 rings (SSSR count). The summed E-state index contributed by atoms with van der Waals surface area (Å²) in [5.41, 5.74) is 5.48. The minimum Gasteiger partial charge on any atom is -0.288 e. The third-order valence-electron chi connectivity index (χ3n) is 3.62. The zero-order chi connectivity index (χ0) is 20.2. The van der Waals surface area contributed by atoms with Crippen molar-refractivity contribution in [2.75, 3.05) is 5.43 Å². The number of hydrazone groups is 1. The van der Waals surface area contributed by atoms with Crippen molar-refractivity contribution in [1.82, 2.24) is 5.43 Å². The van der Waals surface area contributed by atoms with Gasteiger partial charge in [-0.25, -0.2) is 14.3 Å². The highest BCUT2D eigenvalue weighted by Crippen LogP contribution is 2.22. The van der Waals surface area contributed by atoms with E-state index in [1.807, 2.05) is 0 Å². The number of anilines is 1. The molecule has 0 aliphatic rings. The third kappa shape index (κ3) is 4.46. The predicted octanol–water partition coefficient (Wildman–Crippen LogP) is 1.40. The van der Waals surface area contributed by atoms with E-state index in [0.717, 1.165) is 5.56 Å². The number of nitro groups is 1. The number of non-ortho nitro benzene ring substituents is 1. The Morgan fingerprint density at radius 2 is 1.78 bits per heavy atom. The highest BCUT2D eigenvalue weighted by atomic mass is 32.2. The van der Waals surface area contributed by atoms with Crippen LogP contribution in [0.15, 0.2) is 52.5 Å². The summed E-state index contributed by atoms with van der Waals surface area (Å²) >= 11 is 0. The van der Waals surface area contributed by atoms with Crippen molar-refractivity contribution < 1.29 is 18.1 Å². The van der Waals surface area contributed by atoms with E-state index in [1.54, 1.807) is 31.4 Å². The van der Waals surface area contributed by atoms with Crippen LogP contribution in [-0.2, 0) is 14.6 Å². The number of carbonyl (C=O) groups is 1. The molecule has 4 N–H and O–H groups in total. The molecule has 1 amide bonds. The van der Waals surface area contributed by atoms with E-state index in [9.17, 15) is 23.3 Å². The van der Waals surface area contributed by atoms with Gasteiger partial charge in [0.15, 0.2) is 0 Å². The molecule has 0 unspecified atom stereocenters. The monoisotopic (exact) mass is 391 g/mol. The first-order chi connectivity index (χ1) is 12.7. The van der Waals surface area contributed by atoms with Crippen molar-refractivity contribution in [3.8, 4) is 0 Å². The lowest BCUT2D eigenvalue weighted by Gasteiger charge is -2.09. The Balaban J connectivity index is 2.48. The van der Waals surface area contributed by atoms with Gasteiger partial charge in [-0.2, -0.15) is 5.10 Å². The van der Waals surface area contributed by atoms with Crippen LogP contribution in [0.25, 0.3) is 0 Å². The van der Waals surface area contributed by atoms with Crippen LogP contribution in [0.1, 0.15) is 11.1 Å². The average molecular weight is 391 g/mol. The fourth-order valence-electron chi connectivity index (χ4n) is 2.08. The van der Waals surface area contributed by atoms with Gasteiger partial charge in [0.2, 0.25) is 14.9 Å². The van der Waals surface area contributed by atoms with Crippen LogP contribution in [0.5, 0.6) is 0 Å². The van der Waals surface area contributed by atoms with E-state index >= 15 is 0 Å². The molecule has 0 spiro atoms. The summed E-state index contributed by atoms with van der Waals surface area (Å²) in [4.78, 5) is 22.1. The van der Waals surface area contributed by atoms with Crippen LogP contribution in [-0.4, -0.2) is 24.3 Å². The lowest BCUT2D eigenvalue weighted by atomic mass is 10.2. The van der Waals surface area contributed by atoms with Crippen molar-refractivity contribution in [3.63, 3.8) is 0 Å². The number of hydrogen-bond acceptors (Lipinski definition) is 8. The molecule has 0 fully saturated rings. The largest absolute Gasteiger partial charge is 0.297 e. The van der Waals surface area contributed by atoms with Gasteiger partial charge in [0.05, 0.1) is 15.5 Å². The summed E-state index contributed by atoms with van der Waals surface area (Å²) in [6.45, 7) is 3.42. The normalized spacial score (nSPS) is 11.7. The summed E-state index contributed by atoms with van der Waals surface area (Å²) in [5, 5.41) is 13.7. The number of nitro benzene ring substituents is 1. The van der Waals surface area contributed by atoms with Gasteiger partial charge in [-0.05, 0) is 31.5 Å². The SMILES string of the molecule is Cc1ccc(S(=O)(=O)/C(=N\Nc2cc([N+](=O)[O-])ccc2C)C(=O)NN)cc1. The standard InChI is InChI=1S/C16H17N5O5S/c1-10-3-7-13(8-4-10)27(25,26)16(15(22)18-17)20-19-14-9-12(21(23)24)6-5-11(14)2/h3-9,19H,17H2,1-2H3,(H,18,22)/b20-16-. The maximum Gasteiger partial charge on any atom is 0.297 e. The molecule has 0 radical (unpaired) electrons. The second-order valence-electron chi connectivity index (χ2n) is 5.58. The van der Waals surface area contributed by atoms with Crippen LogP contribution in [0, 0.1) is 24.0 Å². The zero-order valence-corrected chi connectivity index (χ0v) is 15.3. The van der Waals surface area contributed by atoms with Crippen LogP contribution in [0.2, 0.25) is 0 Å². The molecule has 0 aliphatic carbocycles. The molecule has 2 aromatic carbocycles. The first kappa shape index (κ1) is 20.0. The summed E-state index contributed by atoms with van der Waals surface area (Å²) in [6, 6.07) is 9.75. The lowest BCUT2D eigenvalue weighted by molar-refractivity contribution is -0.384. The maximum atomic E-state index is 12.7. The van der Waals surface area contributed by atoms with Crippen LogP contribution >= 0.6 is 0 Å². The number of nitrogens with two attached hydrogens (primary N) is 1. The molecule has 2 aromatic rings. The van der Waals surface area contributed by atoms with E-state index in [1.165, 1.54) is 30.3 Å². The van der Waals surface area contributed by atoms with E-state index in [0.29, 0.717) is 5.56 Å². The lowest BCUT2D eigenvalue weighted by Crippen LogP contribution is -2.40. The van der Waals surface area contributed by atoms with Gasteiger partial charge in [-0.1, -0.05) is 23.8 Å². The fourth-order valence-corrected chi connectivity index (χ4v) is 3.27. The maximum absolute atomic E-state index is 12.7. The van der Waals surface area contributed by atoms with Gasteiger partial charge in [-0.3, -0.25) is 25.8 Å². The van der Waals surface area contributed by atoms with Crippen molar-refractivity contribution in [2.24, 2.45) is 10.9 Å². The topological polar surface area (TPSA) is 157 Å². The highest BCUT2D eigenvalue weighted by Gasteiger charge is 2.29. The number of sulfone groups is 1. The number of hydrogen-bond donors (Lipinski definition) is 3. The number of benzene rings is 2. The molecule has 11 heteroatoms. The van der Waals surface area contributed by atoms with Crippen LogP contribution in [0.4, 0.5) is 11.4 Å². The van der Waals surface area contributed by atoms with Gasteiger partial charge in [-0.15, -0.1) is 0 Å². The van der Waals surface area contributed by atoms with Crippen molar-refractivity contribution in [3.05, 3.63) is 63.7 Å². The number of carbonyl (C=O) groups excluding carboxylic acids is 1. The van der Waals surface area contributed by atoms with E-state index in [2.05, 4.69) is 10.5 Å². The van der Waals surface area contributed by atoms with Gasteiger partial charge in [0, 0.05) is 12.1 Å². The molecular formula is C16H17N5O5S.